The Morgan fingerprint density at radius 3 is 2.25 bits per heavy atom. The van der Waals surface area contributed by atoms with Gasteiger partial charge in [0.2, 0.25) is 5.91 Å². The molecule has 0 radical (unpaired) electrons. The van der Waals surface area contributed by atoms with Gasteiger partial charge in [-0.15, -0.1) is 23.1 Å². The summed E-state index contributed by atoms with van der Waals surface area (Å²) in [6.45, 7) is 3.72. The summed E-state index contributed by atoms with van der Waals surface area (Å²) in [6.07, 6.45) is 5.87. The number of halogens is 4. The molecule has 1 aliphatic rings. The second-order valence-corrected chi connectivity index (χ2v) is 13.9. The molecule has 1 aliphatic carbocycles. The summed E-state index contributed by atoms with van der Waals surface area (Å²) in [5.74, 6) is -3.10. The van der Waals surface area contributed by atoms with E-state index in [1.165, 1.54) is 23.1 Å². The Kier molecular flexibility index (Phi) is 11.9. The number of esters is 1. The van der Waals surface area contributed by atoms with Crippen molar-refractivity contribution in [3.63, 3.8) is 0 Å². The third-order valence-electron chi connectivity index (χ3n) is 6.87. The topological polar surface area (TPSA) is 122 Å². The number of carboxylic acids is 1. The molecule has 3 aromatic rings. The van der Waals surface area contributed by atoms with Gasteiger partial charge in [0.25, 0.3) is 5.91 Å². The molecule has 2 aromatic carbocycles. The van der Waals surface area contributed by atoms with Crippen molar-refractivity contribution in [2.24, 2.45) is 0 Å². The maximum Gasteiger partial charge on any atom is 0.341 e. The van der Waals surface area contributed by atoms with E-state index in [-0.39, 0.29) is 27.6 Å². The molecule has 234 valence electrons. The van der Waals surface area contributed by atoms with E-state index in [0.29, 0.717) is 21.1 Å². The number of hydrogen-bond donors (Lipinski definition) is 3. The first-order valence-corrected chi connectivity index (χ1v) is 16.9. The highest BCUT2D eigenvalue weighted by atomic mass is 35.5. The van der Waals surface area contributed by atoms with Crippen LogP contribution < -0.4 is 10.6 Å². The third kappa shape index (κ3) is 7.66. The van der Waals surface area contributed by atoms with E-state index in [0.717, 1.165) is 49.0 Å². The Morgan fingerprint density at radius 2 is 1.59 bits per heavy atom. The number of carboxylic acid groups (broad SMARTS) is 1. The molecule has 2 amide bonds. The zero-order valence-electron chi connectivity index (χ0n) is 23.7. The van der Waals surface area contributed by atoms with E-state index in [1.807, 2.05) is 0 Å². The van der Waals surface area contributed by atoms with Crippen molar-refractivity contribution in [1.82, 2.24) is 0 Å². The molecule has 4 rings (SSSR count). The first-order valence-electron chi connectivity index (χ1n) is 13.7. The summed E-state index contributed by atoms with van der Waals surface area (Å²) >= 11 is 27.0. The first kappa shape index (κ1) is 34.4. The Morgan fingerprint density at radius 1 is 0.932 bits per heavy atom. The van der Waals surface area contributed by atoms with Gasteiger partial charge in [-0.3, -0.25) is 9.59 Å². The van der Waals surface area contributed by atoms with Gasteiger partial charge < -0.3 is 20.5 Å². The molecule has 8 nitrogen and oxygen atoms in total. The maximum atomic E-state index is 13.3. The summed E-state index contributed by atoms with van der Waals surface area (Å²) < 4.78 is 5.34. The molecule has 0 saturated carbocycles. The molecule has 14 heteroatoms. The maximum absolute atomic E-state index is 13.3. The molecule has 0 aliphatic heterocycles. The van der Waals surface area contributed by atoms with Crippen molar-refractivity contribution < 1.29 is 29.0 Å². The van der Waals surface area contributed by atoms with Crippen LogP contribution >= 0.6 is 69.5 Å². The number of amides is 2. The molecule has 1 atom stereocenters. The average molecular weight is 719 g/mol. The number of carbonyl (C=O) groups is 4. The molecular formula is C30H28Cl4N2O6S2. The van der Waals surface area contributed by atoms with Gasteiger partial charge in [-0.2, -0.15) is 0 Å². The molecule has 0 spiro atoms. The van der Waals surface area contributed by atoms with Crippen molar-refractivity contribution >= 4 is 104 Å². The van der Waals surface area contributed by atoms with Crippen LogP contribution in [0.1, 0.15) is 81.0 Å². The van der Waals surface area contributed by atoms with Gasteiger partial charge >= 0.3 is 11.9 Å². The zero-order valence-corrected chi connectivity index (χ0v) is 28.3. The minimum absolute atomic E-state index is 0.234. The van der Waals surface area contributed by atoms with Crippen molar-refractivity contribution in [2.45, 2.75) is 62.5 Å². The van der Waals surface area contributed by atoms with Crippen LogP contribution in [0.5, 0.6) is 0 Å². The van der Waals surface area contributed by atoms with Gasteiger partial charge in [-0.25, -0.2) is 9.59 Å². The Balaban J connectivity index is 1.52. The van der Waals surface area contributed by atoms with Crippen LogP contribution in [0, 0.1) is 0 Å². The summed E-state index contributed by atoms with van der Waals surface area (Å²) in [6, 6.07) is 6.65. The summed E-state index contributed by atoms with van der Waals surface area (Å²) in [5.41, 5.74) is 0.715. The molecular weight excluding hydrogens is 690 g/mol. The number of nitrogens with one attached hydrogen (secondary N) is 2. The molecule has 3 N–H and O–H groups in total. The first-order chi connectivity index (χ1) is 20.9. The lowest BCUT2D eigenvalue weighted by Crippen LogP contribution is -2.23. The van der Waals surface area contributed by atoms with Crippen molar-refractivity contribution in [2.75, 3.05) is 17.2 Å². The normalized spacial score (nSPS) is 13.7. The van der Waals surface area contributed by atoms with Gasteiger partial charge in [-0.05, 0) is 63.3 Å². The van der Waals surface area contributed by atoms with Gasteiger partial charge in [0.05, 0.1) is 48.6 Å². The quantitative estimate of drug-likeness (QED) is 0.0873. The number of thioether (sulfide) groups is 1. The second-order valence-electron chi connectivity index (χ2n) is 9.88. The number of hydrogen-bond acceptors (Lipinski definition) is 7. The standard InChI is InChI=1S/C30H28Cl4N2O6S2/c1-3-42-30(41)19-17-11-6-4-5-7-12-18(17)44-28(19)36-26(37)14(2)43-16-10-8-9-15(13-16)35-27(38)20-21(29(39)40)23(32)25(34)24(33)22(20)31/h8-10,13-14H,3-7,11-12H2,1-2H3,(H,35,38)(H,36,37)(H,39,40). The Bertz CT molecular complexity index is 1630. The molecule has 1 aromatic heterocycles. The lowest BCUT2D eigenvalue weighted by atomic mass is 9.96. The highest BCUT2D eigenvalue weighted by Gasteiger charge is 2.30. The van der Waals surface area contributed by atoms with E-state index in [1.54, 1.807) is 38.1 Å². The number of ether oxygens (including phenoxy) is 1. The number of thiophene rings is 1. The number of anilines is 2. The molecule has 1 heterocycles. The zero-order chi connectivity index (χ0) is 32.1. The highest BCUT2D eigenvalue weighted by molar-refractivity contribution is 8.00. The number of aromatic carboxylic acids is 1. The lowest BCUT2D eigenvalue weighted by molar-refractivity contribution is -0.115. The van der Waals surface area contributed by atoms with E-state index in [9.17, 15) is 24.3 Å². The fourth-order valence-electron chi connectivity index (χ4n) is 4.78. The molecule has 44 heavy (non-hydrogen) atoms. The van der Waals surface area contributed by atoms with E-state index in [4.69, 9.17) is 51.1 Å². The smallest absolute Gasteiger partial charge is 0.341 e. The van der Waals surface area contributed by atoms with E-state index < -0.39 is 39.2 Å². The van der Waals surface area contributed by atoms with Crippen molar-refractivity contribution in [1.29, 1.82) is 0 Å². The van der Waals surface area contributed by atoms with Gasteiger partial charge in [0, 0.05) is 15.5 Å². The van der Waals surface area contributed by atoms with Crippen LogP contribution in [0.25, 0.3) is 0 Å². The summed E-state index contributed by atoms with van der Waals surface area (Å²) in [7, 11) is 0. The van der Waals surface area contributed by atoms with Crippen LogP contribution in [-0.4, -0.2) is 40.7 Å². The second kappa shape index (κ2) is 15.2. The van der Waals surface area contributed by atoms with Crippen molar-refractivity contribution in [3.8, 4) is 0 Å². The number of rotatable bonds is 9. The van der Waals surface area contributed by atoms with Crippen LogP contribution in [0.2, 0.25) is 20.1 Å². The third-order valence-corrected chi connectivity index (χ3v) is 11.0. The predicted octanol–water partition coefficient (Wildman–Crippen LogP) is 9.27. The van der Waals surface area contributed by atoms with Crippen LogP contribution in [0.4, 0.5) is 10.7 Å². The average Bonchev–Trinajstić information content (AvgIpc) is 3.29. The predicted molar refractivity (Wildman–Crippen MR) is 178 cm³/mol. The van der Waals surface area contributed by atoms with Crippen LogP contribution in [0.3, 0.4) is 0 Å². The van der Waals surface area contributed by atoms with Gasteiger partial charge in [-0.1, -0.05) is 65.3 Å². The van der Waals surface area contributed by atoms with Crippen molar-refractivity contribution in [3.05, 3.63) is 71.5 Å². The highest BCUT2D eigenvalue weighted by Crippen LogP contribution is 2.42. The number of carbonyl (C=O) groups excluding carboxylic acids is 3. The minimum Gasteiger partial charge on any atom is -0.478 e. The minimum atomic E-state index is -1.51. The fourth-order valence-corrected chi connectivity index (χ4v) is 8.01. The Hall–Kier alpha value is -2.47. The van der Waals surface area contributed by atoms with E-state index in [2.05, 4.69) is 10.6 Å². The fraction of sp³-hybridized carbons (Fsp3) is 0.333. The van der Waals surface area contributed by atoms with Gasteiger partial charge in [0.15, 0.2) is 0 Å². The monoisotopic (exact) mass is 716 g/mol. The lowest BCUT2D eigenvalue weighted by Gasteiger charge is -2.15. The number of benzene rings is 2. The Labute approximate surface area is 282 Å². The molecule has 0 fully saturated rings. The SMILES string of the molecule is CCOC(=O)c1c(NC(=O)C(C)Sc2cccc(NC(=O)c3c(Cl)c(Cl)c(Cl)c(Cl)c3C(=O)O)c2)sc2c1CCCCCC2. The molecule has 1 unspecified atom stereocenters. The molecule has 0 saturated heterocycles. The number of fused-ring (bicyclic) bond motifs is 1. The summed E-state index contributed by atoms with van der Waals surface area (Å²) in [5, 5.41) is 13.9. The van der Waals surface area contributed by atoms with E-state index >= 15 is 0 Å². The van der Waals surface area contributed by atoms with Crippen LogP contribution in [-0.2, 0) is 22.4 Å². The number of aryl methyl sites for hydroxylation is 1. The van der Waals surface area contributed by atoms with Gasteiger partial charge in [0.1, 0.15) is 5.00 Å². The summed E-state index contributed by atoms with van der Waals surface area (Å²) in [4.78, 5) is 53.0. The molecule has 0 bridgehead atoms. The largest absolute Gasteiger partial charge is 0.478 e. The van der Waals surface area contributed by atoms with Crippen LogP contribution in [0.15, 0.2) is 29.2 Å².